The highest BCUT2D eigenvalue weighted by Crippen LogP contribution is 2.42. The van der Waals surface area contributed by atoms with Crippen molar-refractivity contribution in [2.24, 2.45) is 0 Å². The van der Waals surface area contributed by atoms with Crippen molar-refractivity contribution in [2.75, 3.05) is 5.73 Å². The van der Waals surface area contributed by atoms with Crippen LogP contribution >= 0.6 is 11.3 Å². The summed E-state index contributed by atoms with van der Waals surface area (Å²) in [6, 6.07) is 36.1. The molecule has 0 unspecified atom stereocenters. The van der Waals surface area contributed by atoms with Gasteiger partial charge in [-0.25, -0.2) is 4.98 Å². The molecular weight excluding hydrogens is 436 g/mol. The lowest BCUT2D eigenvalue weighted by Gasteiger charge is -2.09. The number of nitrogen functional groups attached to an aromatic ring is 1. The molecule has 2 aromatic heterocycles. The zero-order chi connectivity index (χ0) is 23.1. The van der Waals surface area contributed by atoms with Crippen molar-refractivity contribution in [3.05, 3.63) is 120 Å². The number of thiophene rings is 1. The molecule has 0 saturated carbocycles. The van der Waals surface area contributed by atoms with Crippen LogP contribution in [0.4, 0.5) is 5.69 Å². The minimum Gasteiger partial charge on any atom is -0.397 e. The quantitative estimate of drug-likeness (QED) is 0.278. The molecule has 0 aliphatic rings. The predicted molar refractivity (Wildman–Crippen MR) is 142 cm³/mol. The number of carbonyl (C=O) groups is 1. The number of rotatable bonds is 4. The fourth-order valence-electron chi connectivity index (χ4n) is 4.35. The number of ketones is 1. The lowest BCUT2D eigenvalue weighted by Crippen LogP contribution is -2.02. The second-order valence-corrected chi connectivity index (χ2v) is 9.20. The van der Waals surface area contributed by atoms with E-state index in [9.17, 15) is 4.79 Å². The maximum atomic E-state index is 13.6. The average Bonchev–Trinajstić information content (AvgIpc) is 3.24. The third-order valence-corrected chi connectivity index (χ3v) is 7.17. The molecule has 4 heteroatoms. The molecule has 0 atom stereocenters. The molecule has 3 nitrogen and oxygen atoms in total. The van der Waals surface area contributed by atoms with E-state index >= 15 is 0 Å². The molecular formula is C30H20N2OS. The highest BCUT2D eigenvalue weighted by molar-refractivity contribution is 7.21. The van der Waals surface area contributed by atoms with Crippen molar-refractivity contribution in [3.8, 4) is 22.4 Å². The molecule has 0 fully saturated rings. The summed E-state index contributed by atoms with van der Waals surface area (Å²) in [6.45, 7) is 0. The summed E-state index contributed by atoms with van der Waals surface area (Å²) in [7, 11) is 0. The van der Waals surface area contributed by atoms with Crippen LogP contribution in [0.25, 0.3) is 43.4 Å². The molecule has 4 aromatic carbocycles. The van der Waals surface area contributed by atoms with Crippen LogP contribution in [0, 0.1) is 0 Å². The highest BCUT2D eigenvalue weighted by Gasteiger charge is 2.22. The third-order valence-electron chi connectivity index (χ3n) is 6.07. The van der Waals surface area contributed by atoms with E-state index in [0.29, 0.717) is 16.1 Å². The number of anilines is 1. The average molecular weight is 457 g/mol. The van der Waals surface area contributed by atoms with Gasteiger partial charge in [0.15, 0.2) is 0 Å². The molecule has 0 aliphatic heterocycles. The monoisotopic (exact) mass is 456 g/mol. The van der Waals surface area contributed by atoms with Gasteiger partial charge < -0.3 is 5.73 Å². The van der Waals surface area contributed by atoms with E-state index < -0.39 is 0 Å². The normalized spacial score (nSPS) is 11.2. The van der Waals surface area contributed by atoms with Gasteiger partial charge in [0.2, 0.25) is 5.78 Å². The van der Waals surface area contributed by atoms with Gasteiger partial charge in [-0.05, 0) is 34.0 Å². The van der Waals surface area contributed by atoms with Crippen LogP contribution in [0.3, 0.4) is 0 Å². The Hall–Kier alpha value is -4.28. The summed E-state index contributed by atoms with van der Waals surface area (Å²) in [5.41, 5.74) is 11.7. The van der Waals surface area contributed by atoms with Crippen LogP contribution in [0.2, 0.25) is 0 Å². The molecule has 0 spiro atoms. The smallest absolute Gasteiger partial charge is 0.205 e. The van der Waals surface area contributed by atoms with Crippen LogP contribution in [-0.2, 0) is 0 Å². The van der Waals surface area contributed by atoms with E-state index in [1.54, 1.807) is 0 Å². The van der Waals surface area contributed by atoms with Gasteiger partial charge in [0.1, 0.15) is 9.71 Å². The fourth-order valence-corrected chi connectivity index (χ4v) is 5.44. The molecule has 2 heterocycles. The van der Waals surface area contributed by atoms with E-state index in [1.807, 2.05) is 91.0 Å². The topological polar surface area (TPSA) is 56.0 Å². The van der Waals surface area contributed by atoms with Crippen molar-refractivity contribution in [1.82, 2.24) is 4.98 Å². The number of aromatic nitrogens is 1. The summed E-state index contributed by atoms with van der Waals surface area (Å²) in [5, 5.41) is 2.96. The molecule has 0 amide bonds. The number of fused-ring (bicyclic) bond motifs is 2. The van der Waals surface area contributed by atoms with E-state index in [4.69, 9.17) is 10.7 Å². The minimum atomic E-state index is -0.0773. The van der Waals surface area contributed by atoms with Gasteiger partial charge in [-0.2, -0.15) is 0 Å². The first-order valence-electron chi connectivity index (χ1n) is 11.1. The summed E-state index contributed by atoms with van der Waals surface area (Å²) >= 11 is 1.36. The van der Waals surface area contributed by atoms with Crippen LogP contribution in [-0.4, -0.2) is 10.8 Å². The molecule has 0 saturated heterocycles. The molecule has 0 radical (unpaired) electrons. The molecule has 162 valence electrons. The molecule has 6 aromatic rings. The first-order valence-corrected chi connectivity index (χ1v) is 11.9. The Morgan fingerprint density at radius 3 is 2.09 bits per heavy atom. The van der Waals surface area contributed by atoms with Crippen LogP contribution in [0.15, 0.2) is 109 Å². The van der Waals surface area contributed by atoms with Gasteiger partial charge in [0.25, 0.3) is 0 Å². The lowest BCUT2D eigenvalue weighted by atomic mass is 9.98. The maximum Gasteiger partial charge on any atom is 0.205 e. The first-order chi connectivity index (χ1) is 16.7. The Bertz CT molecular complexity index is 1670. The number of hydrogen-bond donors (Lipinski definition) is 1. The first kappa shape index (κ1) is 20.3. The zero-order valence-electron chi connectivity index (χ0n) is 18.2. The van der Waals surface area contributed by atoms with E-state index in [-0.39, 0.29) is 5.78 Å². The summed E-state index contributed by atoms with van der Waals surface area (Å²) < 4.78 is 0. The van der Waals surface area contributed by atoms with Crippen molar-refractivity contribution >= 4 is 43.8 Å². The second-order valence-electron chi connectivity index (χ2n) is 8.20. The van der Waals surface area contributed by atoms with Gasteiger partial charge in [0, 0.05) is 16.5 Å². The van der Waals surface area contributed by atoms with Crippen LogP contribution in [0.5, 0.6) is 0 Å². The molecule has 2 N–H and O–H groups in total. The van der Waals surface area contributed by atoms with Crippen LogP contribution < -0.4 is 5.73 Å². The SMILES string of the molecule is Nc1c(C(=O)c2ccc3ccccc3c2)sc2nc(-c3ccccc3)cc(-c3ccccc3)c12. The van der Waals surface area contributed by atoms with E-state index in [2.05, 4.69) is 18.2 Å². The Labute approximate surface area is 201 Å². The number of nitrogens with zero attached hydrogens (tertiary/aromatic N) is 1. The fraction of sp³-hybridized carbons (Fsp3) is 0. The largest absolute Gasteiger partial charge is 0.397 e. The van der Waals surface area contributed by atoms with Crippen LogP contribution in [0.1, 0.15) is 15.2 Å². The summed E-state index contributed by atoms with van der Waals surface area (Å²) in [5.74, 6) is -0.0773. The molecule has 6 rings (SSSR count). The molecule has 0 aliphatic carbocycles. The minimum absolute atomic E-state index is 0.0773. The highest BCUT2D eigenvalue weighted by atomic mass is 32.1. The number of benzene rings is 4. The van der Waals surface area contributed by atoms with Gasteiger partial charge >= 0.3 is 0 Å². The van der Waals surface area contributed by atoms with Crippen molar-refractivity contribution in [1.29, 1.82) is 0 Å². The summed E-state index contributed by atoms with van der Waals surface area (Å²) in [6.07, 6.45) is 0. The van der Waals surface area contributed by atoms with Gasteiger partial charge in [-0.3, -0.25) is 4.79 Å². The van der Waals surface area contributed by atoms with Crippen molar-refractivity contribution in [2.45, 2.75) is 0 Å². The predicted octanol–water partition coefficient (Wildman–Crippen LogP) is 7.60. The van der Waals surface area contributed by atoms with Crippen molar-refractivity contribution in [3.63, 3.8) is 0 Å². The lowest BCUT2D eigenvalue weighted by molar-refractivity contribution is 0.104. The Morgan fingerprint density at radius 1 is 0.706 bits per heavy atom. The van der Waals surface area contributed by atoms with Gasteiger partial charge in [0.05, 0.1) is 11.4 Å². The zero-order valence-corrected chi connectivity index (χ0v) is 19.0. The Kier molecular flexibility index (Phi) is 4.93. The van der Waals surface area contributed by atoms with Gasteiger partial charge in [-0.15, -0.1) is 11.3 Å². The van der Waals surface area contributed by atoms with E-state index in [0.717, 1.165) is 43.4 Å². The Morgan fingerprint density at radius 2 is 1.35 bits per heavy atom. The maximum absolute atomic E-state index is 13.6. The number of hydrogen-bond acceptors (Lipinski definition) is 4. The second kappa shape index (κ2) is 8.25. The number of nitrogens with two attached hydrogens (primary N) is 1. The van der Waals surface area contributed by atoms with E-state index in [1.165, 1.54) is 11.3 Å². The Balaban J connectivity index is 1.56. The molecule has 0 bridgehead atoms. The number of pyridine rings is 1. The van der Waals surface area contributed by atoms with Gasteiger partial charge in [-0.1, -0.05) is 97.1 Å². The third kappa shape index (κ3) is 3.45. The van der Waals surface area contributed by atoms with Crippen molar-refractivity contribution < 1.29 is 4.79 Å². The molecule has 34 heavy (non-hydrogen) atoms. The summed E-state index contributed by atoms with van der Waals surface area (Å²) in [4.78, 5) is 19.8. The standard InChI is InChI=1S/C30H20N2OS/c31-27-26-24(20-10-3-1-4-11-20)18-25(21-12-5-2-6-13-21)32-30(26)34-29(27)28(33)23-16-15-19-9-7-8-14-22(19)17-23/h1-18H,31H2. The number of carbonyl (C=O) groups excluding carboxylic acids is 1.